The second-order valence-electron chi connectivity index (χ2n) is 3.71. The molecule has 0 aliphatic rings. The maximum absolute atomic E-state index is 11.7. The molecular weight excluding hydrogens is 246 g/mol. The summed E-state index contributed by atoms with van der Waals surface area (Å²) < 4.78 is 0. The molecule has 0 aliphatic heterocycles. The van der Waals surface area contributed by atoms with Gasteiger partial charge in [-0.3, -0.25) is 14.6 Å². The number of hydrogen-bond acceptors (Lipinski definition) is 6. The minimum absolute atomic E-state index is 0.344. The van der Waals surface area contributed by atoms with Crippen molar-refractivity contribution in [1.82, 2.24) is 15.3 Å². The Morgan fingerprint density at radius 3 is 2.17 bits per heavy atom. The molecule has 0 unspecified atom stereocenters. The highest BCUT2D eigenvalue weighted by Crippen LogP contribution is 2.02. The Hall–Kier alpha value is -1.97. The van der Waals surface area contributed by atoms with Gasteiger partial charge in [-0.1, -0.05) is 0 Å². The summed E-state index contributed by atoms with van der Waals surface area (Å²) in [5.41, 5.74) is -3.61. The normalized spacial score (nSPS) is 11.3. The highest BCUT2D eigenvalue weighted by molar-refractivity contribution is 5.92. The Balaban J connectivity index is 3.01. The fraction of sp³-hybridized carbons (Fsp3) is 0.444. The summed E-state index contributed by atoms with van der Waals surface area (Å²) in [5, 5.41) is 29.2. The molecule has 0 spiro atoms. The molecule has 0 saturated heterocycles. The molecular formula is C9H13N3O6. The molecule has 0 atom stereocenters. The zero-order chi connectivity index (χ0) is 13.8. The van der Waals surface area contributed by atoms with E-state index in [9.17, 15) is 14.4 Å². The molecule has 0 radical (unpaired) electrons. The summed E-state index contributed by atoms with van der Waals surface area (Å²) in [4.78, 5) is 37.6. The number of aliphatic hydroxyl groups is 3. The summed E-state index contributed by atoms with van der Waals surface area (Å²) in [7, 11) is 0. The second kappa shape index (κ2) is 5.58. The Bertz CT molecular complexity index is 493. The number of aliphatic hydroxyl groups excluding tert-OH is 3. The van der Waals surface area contributed by atoms with Crippen LogP contribution in [0, 0.1) is 0 Å². The van der Waals surface area contributed by atoms with Gasteiger partial charge in [0.05, 0.1) is 19.8 Å². The third kappa shape index (κ3) is 3.03. The van der Waals surface area contributed by atoms with E-state index in [4.69, 9.17) is 15.3 Å². The van der Waals surface area contributed by atoms with Crippen molar-refractivity contribution < 1.29 is 20.1 Å². The molecule has 0 saturated carbocycles. The lowest BCUT2D eigenvalue weighted by Crippen LogP contribution is -2.57. The minimum atomic E-state index is -1.63. The van der Waals surface area contributed by atoms with Crippen LogP contribution >= 0.6 is 0 Å². The summed E-state index contributed by atoms with van der Waals surface area (Å²) in [6, 6.07) is 0.841. The topological polar surface area (TPSA) is 156 Å². The molecule has 1 aromatic rings. The third-order valence-corrected chi connectivity index (χ3v) is 2.29. The van der Waals surface area contributed by atoms with Gasteiger partial charge < -0.3 is 25.6 Å². The van der Waals surface area contributed by atoms with E-state index in [1.807, 2.05) is 4.98 Å². The summed E-state index contributed by atoms with van der Waals surface area (Å²) in [5.74, 6) is -0.907. The van der Waals surface area contributed by atoms with Crippen LogP contribution in [-0.4, -0.2) is 56.6 Å². The van der Waals surface area contributed by atoms with E-state index in [-0.39, 0.29) is 5.69 Å². The smallest absolute Gasteiger partial charge is 0.326 e. The van der Waals surface area contributed by atoms with Crippen LogP contribution in [0.1, 0.15) is 10.5 Å². The molecule has 9 heteroatoms. The van der Waals surface area contributed by atoms with Gasteiger partial charge in [0.2, 0.25) is 0 Å². The van der Waals surface area contributed by atoms with Crippen LogP contribution in [0.15, 0.2) is 15.7 Å². The average molecular weight is 259 g/mol. The van der Waals surface area contributed by atoms with Crippen molar-refractivity contribution >= 4 is 5.91 Å². The first-order valence-corrected chi connectivity index (χ1v) is 4.95. The number of carbonyl (C=O) groups is 1. The SMILES string of the molecule is O=C(NC(CO)(CO)CO)c1cc(=O)[nH]c(=O)[nH]1. The molecule has 0 aromatic carbocycles. The lowest BCUT2D eigenvalue weighted by Gasteiger charge is -2.28. The van der Waals surface area contributed by atoms with Crippen LogP contribution in [0.3, 0.4) is 0 Å². The van der Waals surface area contributed by atoms with Crippen molar-refractivity contribution in [3.8, 4) is 0 Å². The first-order chi connectivity index (χ1) is 8.46. The van der Waals surface area contributed by atoms with E-state index >= 15 is 0 Å². The molecule has 1 heterocycles. The lowest BCUT2D eigenvalue weighted by molar-refractivity contribution is 0.0373. The van der Waals surface area contributed by atoms with Gasteiger partial charge in [0.25, 0.3) is 11.5 Å². The molecule has 6 N–H and O–H groups in total. The number of H-pyrrole nitrogens is 2. The number of carbonyl (C=O) groups excluding carboxylic acids is 1. The Labute approximate surface area is 100 Å². The van der Waals surface area contributed by atoms with Crippen LogP contribution in [-0.2, 0) is 0 Å². The van der Waals surface area contributed by atoms with Gasteiger partial charge in [-0.05, 0) is 0 Å². The largest absolute Gasteiger partial charge is 0.394 e. The van der Waals surface area contributed by atoms with Gasteiger partial charge in [-0.15, -0.1) is 0 Å². The minimum Gasteiger partial charge on any atom is -0.394 e. The van der Waals surface area contributed by atoms with Gasteiger partial charge in [-0.25, -0.2) is 4.79 Å². The van der Waals surface area contributed by atoms with Gasteiger partial charge >= 0.3 is 5.69 Å². The molecule has 1 amide bonds. The van der Waals surface area contributed by atoms with Crippen LogP contribution < -0.4 is 16.6 Å². The molecule has 0 aliphatic carbocycles. The molecule has 0 bridgehead atoms. The Morgan fingerprint density at radius 2 is 1.72 bits per heavy atom. The zero-order valence-electron chi connectivity index (χ0n) is 9.27. The van der Waals surface area contributed by atoms with E-state index in [0.717, 1.165) is 6.07 Å². The van der Waals surface area contributed by atoms with Gasteiger partial charge in [0.15, 0.2) is 0 Å². The highest BCUT2D eigenvalue weighted by atomic mass is 16.3. The molecule has 100 valence electrons. The first kappa shape index (κ1) is 14.1. The number of aromatic nitrogens is 2. The van der Waals surface area contributed by atoms with Gasteiger partial charge in [-0.2, -0.15) is 0 Å². The summed E-state index contributed by atoms with van der Waals surface area (Å²) >= 11 is 0. The van der Waals surface area contributed by atoms with Crippen LogP contribution in [0.25, 0.3) is 0 Å². The van der Waals surface area contributed by atoms with E-state index in [1.165, 1.54) is 0 Å². The molecule has 0 fully saturated rings. The van der Waals surface area contributed by atoms with Crippen molar-refractivity contribution in [2.24, 2.45) is 0 Å². The predicted octanol–water partition coefficient (Wildman–Crippen LogP) is -3.49. The summed E-state index contributed by atoms with van der Waals surface area (Å²) in [6.07, 6.45) is 0. The van der Waals surface area contributed by atoms with Crippen LogP contribution in [0.4, 0.5) is 0 Å². The van der Waals surface area contributed by atoms with E-state index in [0.29, 0.717) is 0 Å². The third-order valence-electron chi connectivity index (χ3n) is 2.29. The lowest BCUT2D eigenvalue weighted by atomic mass is 10.0. The fourth-order valence-corrected chi connectivity index (χ4v) is 1.17. The van der Waals surface area contributed by atoms with Crippen molar-refractivity contribution in [3.05, 3.63) is 32.6 Å². The van der Waals surface area contributed by atoms with E-state index in [1.54, 1.807) is 0 Å². The quantitative estimate of drug-likeness (QED) is 0.322. The number of rotatable bonds is 5. The second-order valence-corrected chi connectivity index (χ2v) is 3.71. The number of amides is 1. The maximum atomic E-state index is 11.7. The average Bonchev–Trinajstić information content (AvgIpc) is 2.35. The molecule has 9 nitrogen and oxygen atoms in total. The van der Waals surface area contributed by atoms with Crippen LogP contribution in [0.5, 0.6) is 0 Å². The maximum Gasteiger partial charge on any atom is 0.326 e. The number of aromatic amines is 2. The van der Waals surface area contributed by atoms with Crippen molar-refractivity contribution in [2.75, 3.05) is 19.8 Å². The number of hydrogen-bond donors (Lipinski definition) is 6. The number of nitrogens with one attached hydrogen (secondary N) is 3. The van der Waals surface area contributed by atoms with Crippen LogP contribution in [0.2, 0.25) is 0 Å². The first-order valence-electron chi connectivity index (χ1n) is 4.95. The Kier molecular flexibility index (Phi) is 4.37. The molecule has 1 rings (SSSR count). The Morgan fingerprint density at radius 1 is 1.17 bits per heavy atom. The predicted molar refractivity (Wildman–Crippen MR) is 59.1 cm³/mol. The van der Waals surface area contributed by atoms with Gasteiger partial charge in [0, 0.05) is 6.07 Å². The standard InChI is InChI=1S/C9H13N3O6/c13-2-9(3-14,4-15)12-7(17)5-1-6(16)11-8(18)10-5/h1,13-15H,2-4H2,(H,12,17)(H2,10,11,16,18). The molecule has 18 heavy (non-hydrogen) atoms. The highest BCUT2D eigenvalue weighted by Gasteiger charge is 2.30. The van der Waals surface area contributed by atoms with Crippen molar-refractivity contribution in [1.29, 1.82) is 0 Å². The fourth-order valence-electron chi connectivity index (χ4n) is 1.17. The summed E-state index contributed by atoms with van der Waals surface area (Å²) in [6.45, 7) is -2.13. The van der Waals surface area contributed by atoms with E-state index < -0.39 is 42.5 Å². The molecule has 1 aromatic heterocycles. The van der Waals surface area contributed by atoms with Crippen molar-refractivity contribution in [2.45, 2.75) is 5.54 Å². The van der Waals surface area contributed by atoms with E-state index in [2.05, 4.69) is 10.3 Å². The monoisotopic (exact) mass is 259 g/mol. The van der Waals surface area contributed by atoms with Gasteiger partial charge in [0.1, 0.15) is 11.2 Å². The van der Waals surface area contributed by atoms with Crippen molar-refractivity contribution in [3.63, 3.8) is 0 Å². The zero-order valence-corrected chi connectivity index (χ0v) is 9.27.